The van der Waals surface area contributed by atoms with E-state index in [1.807, 2.05) is 44.2 Å². The number of nitrogens with zero attached hydrogens (tertiary/aromatic N) is 6. The van der Waals surface area contributed by atoms with Crippen LogP contribution in [0, 0.1) is 19.3 Å². The molecule has 2 fully saturated rings. The highest BCUT2D eigenvalue weighted by molar-refractivity contribution is 9.10. The number of carbonyl (C=O) groups excluding carboxylic acids is 3. The lowest BCUT2D eigenvalue weighted by Crippen LogP contribution is -2.47. The van der Waals surface area contributed by atoms with E-state index in [1.165, 1.54) is 6.92 Å². The summed E-state index contributed by atoms with van der Waals surface area (Å²) < 4.78 is 2.18. The minimum Gasteiger partial charge on any atom is -0.325 e. The molecule has 6 rings (SSSR count). The number of anilines is 1. The molecule has 2 amide bonds. The van der Waals surface area contributed by atoms with Gasteiger partial charge in [-0.15, -0.1) is 0 Å². The Morgan fingerprint density at radius 3 is 2.55 bits per heavy atom. The molecule has 2 aliphatic rings. The fourth-order valence-corrected chi connectivity index (χ4v) is 5.99. The molecule has 11 heteroatoms. The highest BCUT2D eigenvalue weighted by atomic mass is 79.9. The minimum atomic E-state index is -0.612. The number of likely N-dealkylation sites (tertiary alicyclic amines) is 1. The third-order valence-corrected chi connectivity index (χ3v) is 8.46. The van der Waals surface area contributed by atoms with Crippen molar-refractivity contribution < 1.29 is 14.4 Å². The third-order valence-electron chi connectivity index (χ3n) is 8.01. The van der Waals surface area contributed by atoms with Crippen LogP contribution in [0.1, 0.15) is 48.6 Å². The summed E-state index contributed by atoms with van der Waals surface area (Å²) in [6, 6.07) is 8.71. The molecule has 1 saturated heterocycles. The van der Waals surface area contributed by atoms with Gasteiger partial charge in [0.05, 0.1) is 5.52 Å². The summed E-state index contributed by atoms with van der Waals surface area (Å²) in [7, 11) is 0. The van der Waals surface area contributed by atoms with Gasteiger partial charge in [-0.2, -0.15) is 5.10 Å². The molecule has 1 saturated carbocycles. The molecular formula is C29H28BrN7O3. The number of ketones is 1. The topological polar surface area (TPSA) is 123 Å². The fourth-order valence-electron chi connectivity index (χ4n) is 5.68. The molecule has 1 N–H and O–H groups in total. The Balaban J connectivity index is 1.29. The van der Waals surface area contributed by atoms with Crippen LogP contribution >= 0.6 is 15.9 Å². The van der Waals surface area contributed by atoms with E-state index in [1.54, 1.807) is 22.0 Å². The van der Waals surface area contributed by atoms with E-state index in [0.717, 1.165) is 23.1 Å². The molecule has 4 heterocycles. The average Bonchev–Trinajstić information content (AvgIpc) is 3.28. The van der Waals surface area contributed by atoms with Crippen LogP contribution in [-0.4, -0.2) is 59.3 Å². The van der Waals surface area contributed by atoms with Crippen molar-refractivity contribution in [2.75, 3.05) is 5.32 Å². The van der Waals surface area contributed by atoms with Crippen molar-refractivity contribution in [1.82, 2.24) is 29.6 Å². The predicted molar refractivity (Wildman–Crippen MR) is 153 cm³/mol. The number of halogens is 1. The second kappa shape index (κ2) is 9.58. The fraction of sp³-hybridized carbons (Fsp3) is 0.345. The lowest BCUT2D eigenvalue weighted by atomic mass is 10.0. The molecule has 4 aromatic rings. The molecule has 0 spiro atoms. The summed E-state index contributed by atoms with van der Waals surface area (Å²) in [6.45, 7) is 7.18. The lowest BCUT2D eigenvalue weighted by molar-refractivity contribution is -0.138. The molecule has 10 nitrogen and oxygen atoms in total. The van der Waals surface area contributed by atoms with E-state index in [4.69, 9.17) is 0 Å². The summed E-state index contributed by atoms with van der Waals surface area (Å²) >= 11 is 3.35. The zero-order chi connectivity index (χ0) is 28.3. The normalized spacial score (nSPS) is 21.4. The molecule has 0 bridgehead atoms. The second-order valence-corrected chi connectivity index (χ2v) is 11.8. The van der Waals surface area contributed by atoms with E-state index in [0.29, 0.717) is 39.3 Å². The molecule has 204 valence electrons. The summed E-state index contributed by atoms with van der Waals surface area (Å²) in [6.07, 6.45) is 4.92. The first kappa shape index (κ1) is 26.2. The number of aromatic nitrogens is 5. The Hall–Kier alpha value is -3.99. The Kier molecular flexibility index (Phi) is 6.29. The van der Waals surface area contributed by atoms with Gasteiger partial charge in [-0.05, 0) is 77.4 Å². The number of Topliss-reactive ketones (excluding diaryl/α,β-unsaturated/α-hetero) is 1. The number of fused-ring (bicyclic) bond motifs is 2. The van der Waals surface area contributed by atoms with Gasteiger partial charge >= 0.3 is 0 Å². The summed E-state index contributed by atoms with van der Waals surface area (Å²) in [4.78, 5) is 54.3. The first-order valence-electron chi connectivity index (χ1n) is 13.1. The molecule has 1 aliphatic carbocycles. The second-order valence-electron chi connectivity index (χ2n) is 11.0. The number of benzene rings is 1. The molecule has 3 atom stereocenters. The molecular weight excluding hydrogens is 574 g/mol. The van der Waals surface area contributed by atoms with Crippen LogP contribution in [0.5, 0.6) is 0 Å². The maximum Gasteiger partial charge on any atom is 0.248 e. The number of aryl methyl sites for hydroxylation is 2. The zero-order valence-corrected chi connectivity index (χ0v) is 24.2. The molecule has 0 radical (unpaired) electrons. The summed E-state index contributed by atoms with van der Waals surface area (Å²) in [5.41, 5.74) is 3.38. The smallest absolute Gasteiger partial charge is 0.248 e. The highest BCUT2D eigenvalue weighted by Gasteiger charge is 2.64. The predicted octanol–water partition coefficient (Wildman–Crippen LogP) is 4.49. The van der Waals surface area contributed by atoms with Gasteiger partial charge in [0.2, 0.25) is 11.8 Å². The van der Waals surface area contributed by atoms with Crippen LogP contribution in [0.15, 0.2) is 47.3 Å². The highest BCUT2D eigenvalue weighted by Crippen LogP contribution is 2.59. The minimum absolute atomic E-state index is 0.00504. The standard InChI is InChI=1S/C29H28BrN7O3/c1-15-5-8-24(30)33-27(15)34-28(40)22-10-29(4)11-23(29)37(22)25(39)14-36-21-7-6-18(19-12-31-17(3)32-13-19)9-20(21)26(35-36)16(2)38/h5-9,12-13,22-23H,10-11,14H2,1-4H3,(H,33,34,40). The molecule has 3 unspecified atom stereocenters. The SMILES string of the molecule is CC(=O)c1nn(CC(=O)N2C(C(=O)Nc3nc(Br)ccc3C)CC3(C)CC23)c2ccc(-c3cnc(C)nc3)cc12. The van der Waals surface area contributed by atoms with Crippen LogP contribution in [0.3, 0.4) is 0 Å². The average molecular weight is 602 g/mol. The van der Waals surface area contributed by atoms with Crippen molar-refractivity contribution in [3.05, 3.63) is 64.4 Å². The largest absolute Gasteiger partial charge is 0.325 e. The monoisotopic (exact) mass is 601 g/mol. The number of carbonyl (C=O) groups is 3. The Bertz CT molecular complexity index is 1700. The number of hydrogen-bond acceptors (Lipinski definition) is 7. The molecule has 40 heavy (non-hydrogen) atoms. The van der Waals surface area contributed by atoms with Crippen LogP contribution in [0.4, 0.5) is 5.82 Å². The number of nitrogens with one attached hydrogen (secondary N) is 1. The lowest BCUT2D eigenvalue weighted by Gasteiger charge is -2.27. The van der Waals surface area contributed by atoms with Gasteiger partial charge in [-0.3, -0.25) is 19.1 Å². The van der Waals surface area contributed by atoms with E-state index in [2.05, 4.69) is 48.2 Å². The van der Waals surface area contributed by atoms with Gasteiger partial charge < -0.3 is 10.2 Å². The number of hydrogen-bond donors (Lipinski definition) is 1. The molecule has 1 aromatic carbocycles. The summed E-state index contributed by atoms with van der Waals surface area (Å²) in [5.74, 6) is 0.482. The number of pyridine rings is 1. The Morgan fingerprint density at radius 2 is 1.82 bits per heavy atom. The van der Waals surface area contributed by atoms with Crippen LogP contribution < -0.4 is 5.32 Å². The zero-order valence-electron chi connectivity index (χ0n) is 22.6. The van der Waals surface area contributed by atoms with Crippen LogP contribution in [0.2, 0.25) is 0 Å². The Morgan fingerprint density at radius 1 is 1.07 bits per heavy atom. The van der Waals surface area contributed by atoms with Gasteiger partial charge in [0.1, 0.15) is 34.5 Å². The first-order chi connectivity index (χ1) is 19.0. The summed E-state index contributed by atoms with van der Waals surface area (Å²) in [5, 5.41) is 8.11. The number of amides is 2. The van der Waals surface area contributed by atoms with Crippen molar-refractivity contribution in [1.29, 1.82) is 0 Å². The van der Waals surface area contributed by atoms with Gasteiger partial charge in [0.25, 0.3) is 0 Å². The molecule has 3 aromatic heterocycles. The maximum absolute atomic E-state index is 13.8. The van der Waals surface area contributed by atoms with Crippen LogP contribution in [-0.2, 0) is 16.1 Å². The van der Waals surface area contributed by atoms with Crippen molar-refractivity contribution in [2.24, 2.45) is 5.41 Å². The number of rotatable bonds is 6. The maximum atomic E-state index is 13.8. The van der Waals surface area contributed by atoms with E-state index in [-0.39, 0.29) is 35.6 Å². The van der Waals surface area contributed by atoms with E-state index >= 15 is 0 Å². The van der Waals surface area contributed by atoms with Gasteiger partial charge in [-0.25, -0.2) is 15.0 Å². The van der Waals surface area contributed by atoms with Gasteiger partial charge in [0, 0.05) is 36.3 Å². The van der Waals surface area contributed by atoms with E-state index in [9.17, 15) is 14.4 Å². The van der Waals surface area contributed by atoms with Gasteiger partial charge in [-0.1, -0.05) is 19.1 Å². The quantitative estimate of drug-likeness (QED) is 0.255. The van der Waals surface area contributed by atoms with Crippen molar-refractivity contribution >= 4 is 50.2 Å². The Labute approximate surface area is 239 Å². The first-order valence-corrected chi connectivity index (χ1v) is 13.9. The van der Waals surface area contributed by atoms with Crippen molar-refractivity contribution in [3.8, 4) is 11.1 Å². The van der Waals surface area contributed by atoms with Gasteiger partial charge in [0.15, 0.2) is 5.78 Å². The van der Waals surface area contributed by atoms with Crippen molar-refractivity contribution in [2.45, 2.75) is 59.2 Å². The van der Waals surface area contributed by atoms with Crippen LogP contribution in [0.25, 0.3) is 22.0 Å². The number of piperidine rings is 1. The molecule has 1 aliphatic heterocycles. The van der Waals surface area contributed by atoms with Crippen molar-refractivity contribution in [3.63, 3.8) is 0 Å². The van der Waals surface area contributed by atoms with E-state index < -0.39 is 6.04 Å². The third kappa shape index (κ3) is 4.57.